The molecule has 4 aliphatic carbocycles. The van der Waals surface area contributed by atoms with E-state index in [2.05, 4.69) is 65.2 Å². The highest BCUT2D eigenvalue weighted by Gasteiger charge is 2.72. The molecule has 4 fully saturated rings. The van der Waals surface area contributed by atoms with Crippen molar-refractivity contribution >= 4 is 17.9 Å². The van der Waals surface area contributed by atoms with Crippen LogP contribution in [0.5, 0.6) is 0 Å². The lowest BCUT2D eigenvalue weighted by Crippen LogP contribution is -2.70. The molecule has 0 spiro atoms. The van der Waals surface area contributed by atoms with Crippen molar-refractivity contribution in [2.24, 2.45) is 62.4 Å². The molecule has 1 heterocycles. The minimum absolute atomic E-state index is 0.0187. The Kier molecular flexibility index (Phi) is 10.4. The summed E-state index contributed by atoms with van der Waals surface area (Å²) in [5.41, 5.74) is 5.37. The number of guanidine groups is 1. The molecule has 0 aromatic rings. The first-order chi connectivity index (χ1) is 22.5. The number of carboxylic acids is 1. The number of hydrogen-bond acceptors (Lipinski definition) is 7. The van der Waals surface area contributed by atoms with Crippen LogP contribution in [-0.2, 0) is 23.8 Å². The van der Waals surface area contributed by atoms with Gasteiger partial charge in [0, 0.05) is 30.8 Å². The molecule has 10 nitrogen and oxygen atoms in total. The van der Waals surface area contributed by atoms with Gasteiger partial charge in [0.15, 0.2) is 5.96 Å². The quantitative estimate of drug-likeness (QED) is 0.0606. The van der Waals surface area contributed by atoms with E-state index in [0.29, 0.717) is 57.1 Å². The number of allylic oxidation sites excluding steroid dienone is 1. The SMILES string of the molecule is CC(=O)O[C@@H]1C[C@@]23COC[C@](C)([C@@H]2CC[C@H]2C3=CC[C@@]3(C)[C@H](C(=O)O)[C@@](C)([C@H](C)C(C)C)CC[C@]23C)[C@H]1OCCNCCCNC(=N)N. The zero-order chi connectivity index (χ0) is 35.3. The normalized spacial score (nSPS) is 42.4. The smallest absolute Gasteiger partial charge is 0.307 e. The molecule has 2 bridgehead atoms. The summed E-state index contributed by atoms with van der Waals surface area (Å²) < 4.78 is 19.4. The number of carboxylic acid groups (broad SMARTS) is 1. The topological polar surface area (TPSA) is 156 Å². The van der Waals surface area contributed by atoms with Crippen molar-refractivity contribution in [2.45, 2.75) is 113 Å². The van der Waals surface area contributed by atoms with Crippen molar-refractivity contribution in [1.29, 1.82) is 5.41 Å². The number of esters is 1. The highest BCUT2D eigenvalue weighted by molar-refractivity contribution is 5.74. The van der Waals surface area contributed by atoms with Gasteiger partial charge in [0.1, 0.15) is 12.2 Å². The van der Waals surface area contributed by atoms with E-state index in [4.69, 9.17) is 25.4 Å². The summed E-state index contributed by atoms with van der Waals surface area (Å²) in [7, 11) is 0. The molecule has 0 radical (unpaired) electrons. The first-order valence-corrected chi connectivity index (χ1v) is 18.6. The van der Waals surface area contributed by atoms with Gasteiger partial charge in [-0.15, -0.1) is 0 Å². The van der Waals surface area contributed by atoms with Crippen LogP contribution >= 0.6 is 0 Å². The van der Waals surface area contributed by atoms with Gasteiger partial charge in [0.2, 0.25) is 0 Å². The summed E-state index contributed by atoms with van der Waals surface area (Å²) in [5.74, 6) is -0.0997. The van der Waals surface area contributed by atoms with E-state index in [1.54, 1.807) is 0 Å². The van der Waals surface area contributed by atoms with Crippen LogP contribution in [0.2, 0.25) is 0 Å². The lowest BCUT2D eigenvalue weighted by Gasteiger charge is -2.71. The average molecular weight is 673 g/mol. The van der Waals surface area contributed by atoms with E-state index in [-0.39, 0.29) is 57.1 Å². The highest BCUT2D eigenvalue weighted by atomic mass is 16.6. The van der Waals surface area contributed by atoms with E-state index in [9.17, 15) is 14.7 Å². The highest BCUT2D eigenvalue weighted by Crippen LogP contribution is 2.75. The molecular formula is C38H64N4O6. The van der Waals surface area contributed by atoms with Crippen LogP contribution < -0.4 is 16.4 Å². The summed E-state index contributed by atoms with van der Waals surface area (Å²) >= 11 is 0. The van der Waals surface area contributed by atoms with Crippen LogP contribution in [-0.4, -0.2) is 74.7 Å². The maximum Gasteiger partial charge on any atom is 0.307 e. The summed E-state index contributed by atoms with van der Waals surface area (Å²) in [5, 5.41) is 24.5. The summed E-state index contributed by atoms with van der Waals surface area (Å²) in [6.07, 6.45) is 8.00. The van der Waals surface area contributed by atoms with Crippen LogP contribution in [0.3, 0.4) is 0 Å². The second-order valence-corrected chi connectivity index (χ2v) is 17.4. The number of carbonyl (C=O) groups excluding carboxylic acids is 1. The Labute approximate surface area is 288 Å². The number of nitrogens with two attached hydrogens (primary N) is 1. The second kappa shape index (κ2) is 13.5. The van der Waals surface area contributed by atoms with E-state index >= 15 is 0 Å². The lowest BCUT2D eigenvalue weighted by molar-refractivity contribution is -0.266. The Morgan fingerprint density at radius 2 is 1.81 bits per heavy atom. The Morgan fingerprint density at radius 3 is 2.46 bits per heavy atom. The molecule has 5 rings (SSSR count). The van der Waals surface area contributed by atoms with Gasteiger partial charge in [-0.2, -0.15) is 0 Å². The fourth-order valence-electron chi connectivity index (χ4n) is 12.0. The van der Waals surface area contributed by atoms with Crippen LogP contribution in [0.25, 0.3) is 0 Å². The van der Waals surface area contributed by atoms with E-state index in [1.165, 1.54) is 12.5 Å². The van der Waals surface area contributed by atoms with Crippen LogP contribution in [0.1, 0.15) is 100 Å². The van der Waals surface area contributed by atoms with Gasteiger partial charge in [0.05, 0.1) is 25.7 Å². The molecule has 0 unspecified atom stereocenters. The molecule has 5 aliphatic rings. The van der Waals surface area contributed by atoms with Crippen molar-refractivity contribution in [3.63, 3.8) is 0 Å². The molecule has 6 N–H and O–H groups in total. The lowest BCUT2D eigenvalue weighted by atomic mass is 9.34. The van der Waals surface area contributed by atoms with Gasteiger partial charge in [-0.25, -0.2) is 0 Å². The maximum atomic E-state index is 13.4. The van der Waals surface area contributed by atoms with Crippen LogP contribution in [0.4, 0.5) is 0 Å². The third kappa shape index (κ3) is 5.89. The molecular weight excluding hydrogens is 608 g/mol. The number of carbonyl (C=O) groups is 2. The number of rotatable bonds is 12. The van der Waals surface area contributed by atoms with Crippen LogP contribution in [0, 0.1) is 62.1 Å². The largest absolute Gasteiger partial charge is 0.481 e. The Morgan fingerprint density at radius 1 is 1.08 bits per heavy atom. The molecule has 1 aliphatic heterocycles. The average Bonchev–Trinajstić information content (AvgIpc) is 2.99. The number of ether oxygens (including phenoxy) is 3. The molecule has 3 saturated carbocycles. The first kappa shape index (κ1) is 37.1. The van der Waals surface area contributed by atoms with Gasteiger partial charge in [-0.05, 0) is 91.4 Å². The Bertz CT molecular complexity index is 1270. The van der Waals surface area contributed by atoms with Gasteiger partial charge in [-0.1, -0.05) is 60.1 Å². The molecule has 11 atom stereocenters. The van der Waals surface area contributed by atoms with Crippen molar-refractivity contribution in [1.82, 2.24) is 10.6 Å². The molecule has 1 saturated heterocycles. The zero-order valence-corrected chi connectivity index (χ0v) is 30.9. The fraction of sp³-hybridized carbons (Fsp3) is 0.868. The minimum Gasteiger partial charge on any atom is -0.481 e. The Hall–Kier alpha value is -2.17. The predicted molar refractivity (Wildman–Crippen MR) is 186 cm³/mol. The van der Waals surface area contributed by atoms with Gasteiger partial charge in [0.25, 0.3) is 0 Å². The maximum absolute atomic E-state index is 13.4. The molecule has 0 amide bonds. The zero-order valence-electron chi connectivity index (χ0n) is 30.9. The standard InChI is InChI=1S/C38H64N4O6/c1-23(2)24(3)34(5)14-15-36(7)26-10-11-29-35(6)21-46-22-38(29,27(26)12-13-37(36,8)30(34)32(44)45)20-28(48-25(4)43)31(35)47-19-18-41-16-9-17-42-33(39)40/h12,23-24,26,28-31,41H,9-11,13-22H2,1-8H3,(H,44,45)(H4,39,40,42)/t24-,26+,28-,29+,30-,31+,34-,35-,36-,37+,38+/m1/s1. The first-order valence-electron chi connectivity index (χ1n) is 18.6. The van der Waals surface area contributed by atoms with E-state index < -0.39 is 11.9 Å². The number of nitrogens with one attached hydrogen (secondary N) is 3. The summed E-state index contributed by atoms with van der Waals surface area (Å²) in [6, 6.07) is 0. The number of aliphatic carboxylic acids is 1. The third-order valence-electron chi connectivity index (χ3n) is 14.8. The number of fused-ring (bicyclic) bond motifs is 3. The van der Waals surface area contributed by atoms with Crippen LogP contribution in [0.15, 0.2) is 11.6 Å². The Balaban J connectivity index is 1.43. The van der Waals surface area contributed by atoms with Gasteiger partial charge in [-0.3, -0.25) is 15.0 Å². The number of hydrogen-bond donors (Lipinski definition) is 5. The summed E-state index contributed by atoms with van der Waals surface area (Å²) in [6.45, 7) is 21.2. The molecule has 10 heteroatoms. The van der Waals surface area contributed by atoms with E-state index in [0.717, 1.165) is 45.1 Å². The molecule has 48 heavy (non-hydrogen) atoms. The van der Waals surface area contributed by atoms with Gasteiger partial charge < -0.3 is 35.7 Å². The van der Waals surface area contributed by atoms with E-state index in [1.807, 2.05) is 0 Å². The summed E-state index contributed by atoms with van der Waals surface area (Å²) in [4.78, 5) is 25.9. The minimum atomic E-state index is -0.648. The van der Waals surface area contributed by atoms with Crippen molar-refractivity contribution in [3.05, 3.63) is 11.6 Å². The van der Waals surface area contributed by atoms with Crippen molar-refractivity contribution < 1.29 is 28.9 Å². The predicted octanol–water partition coefficient (Wildman–Crippen LogP) is 5.35. The second-order valence-electron chi connectivity index (χ2n) is 17.4. The monoisotopic (exact) mass is 672 g/mol. The van der Waals surface area contributed by atoms with Gasteiger partial charge >= 0.3 is 11.9 Å². The molecule has 272 valence electrons. The molecule has 0 aromatic heterocycles. The van der Waals surface area contributed by atoms with Crippen molar-refractivity contribution in [2.75, 3.05) is 39.5 Å². The fourth-order valence-corrected chi connectivity index (χ4v) is 12.0. The van der Waals surface area contributed by atoms with Crippen molar-refractivity contribution in [3.8, 4) is 0 Å². The third-order valence-corrected chi connectivity index (χ3v) is 14.8. The molecule has 0 aromatic carbocycles.